The van der Waals surface area contributed by atoms with E-state index in [0.717, 1.165) is 43.6 Å². The van der Waals surface area contributed by atoms with Crippen molar-refractivity contribution in [2.24, 2.45) is 5.92 Å². The van der Waals surface area contributed by atoms with E-state index in [1.54, 1.807) is 0 Å². The highest BCUT2D eigenvalue weighted by Gasteiger charge is 2.24. The van der Waals surface area contributed by atoms with Crippen LogP contribution in [0.1, 0.15) is 39.3 Å². The van der Waals surface area contributed by atoms with E-state index in [1.807, 2.05) is 19.9 Å². The lowest BCUT2D eigenvalue weighted by molar-refractivity contribution is -0.124. The molecule has 3 rings (SSSR count). The Balaban J connectivity index is 1.88. The zero-order chi connectivity index (χ0) is 17.1. The summed E-state index contributed by atoms with van der Waals surface area (Å²) in [6.07, 6.45) is 3.08. The molecule has 0 aliphatic carbocycles. The Bertz CT molecular complexity index is 726. The number of fused-ring (bicyclic) bond motifs is 1. The summed E-state index contributed by atoms with van der Waals surface area (Å²) in [7, 11) is 0. The number of benzene rings is 1. The Kier molecular flexibility index (Phi) is 5.03. The summed E-state index contributed by atoms with van der Waals surface area (Å²) < 4.78 is 0. The molecule has 1 amide bonds. The Hall–Kier alpha value is -2.10. The first-order valence-corrected chi connectivity index (χ1v) is 9.02. The average Bonchev–Trinajstić information content (AvgIpc) is 2.60. The van der Waals surface area contributed by atoms with Gasteiger partial charge < -0.3 is 10.2 Å². The number of aromatic nitrogens is 1. The second-order valence-corrected chi connectivity index (χ2v) is 6.95. The molecule has 0 bridgehead atoms. The van der Waals surface area contributed by atoms with Gasteiger partial charge >= 0.3 is 0 Å². The van der Waals surface area contributed by atoms with E-state index < -0.39 is 0 Å². The number of hydrogen-bond donors (Lipinski definition) is 1. The van der Waals surface area contributed by atoms with Crippen molar-refractivity contribution in [2.75, 3.05) is 18.0 Å². The second-order valence-electron chi connectivity index (χ2n) is 6.95. The van der Waals surface area contributed by atoms with Crippen molar-refractivity contribution in [3.05, 3.63) is 36.0 Å². The van der Waals surface area contributed by atoms with Gasteiger partial charge in [-0.15, -0.1) is 0 Å². The fourth-order valence-corrected chi connectivity index (χ4v) is 3.33. The number of rotatable bonds is 4. The van der Waals surface area contributed by atoms with Gasteiger partial charge in [0.2, 0.25) is 5.91 Å². The van der Waals surface area contributed by atoms with Crippen molar-refractivity contribution in [3.63, 3.8) is 0 Å². The molecular formula is C20H27N3O. The molecule has 2 aromatic rings. The summed E-state index contributed by atoms with van der Waals surface area (Å²) >= 11 is 0. The molecule has 1 atom stereocenters. The van der Waals surface area contributed by atoms with Crippen LogP contribution in [0.25, 0.3) is 10.9 Å². The van der Waals surface area contributed by atoms with Crippen LogP contribution in [0.2, 0.25) is 0 Å². The number of piperidine rings is 1. The zero-order valence-corrected chi connectivity index (χ0v) is 14.9. The smallest absolute Gasteiger partial charge is 0.222 e. The molecule has 4 nitrogen and oxygen atoms in total. The number of pyridine rings is 1. The van der Waals surface area contributed by atoms with Crippen LogP contribution < -0.4 is 10.2 Å². The topological polar surface area (TPSA) is 45.2 Å². The molecule has 1 fully saturated rings. The SMILES string of the molecule is CCc1cc(N2CCCC(NC(=O)C(C)C)C2)c2ccccc2n1. The fourth-order valence-electron chi connectivity index (χ4n) is 3.33. The average molecular weight is 325 g/mol. The largest absolute Gasteiger partial charge is 0.369 e. The summed E-state index contributed by atoms with van der Waals surface area (Å²) in [5.41, 5.74) is 3.43. The van der Waals surface area contributed by atoms with Gasteiger partial charge in [-0.2, -0.15) is 0 Å². The summed E-state index contributed by atoms with van der Waals surface area (Å²) in [5, 5.41) is 4.40. The molecule has 128 valence electrons. The summed E-state index contributed by atoms with van der Waals surface area (Å²) in [5.74, 6) is 0.185. The van der Waals surface area contributed by atoms with Crippen LogP contribution in [0.4, 0.5) is 5.69 Å². The molecule has 1 aliphatic heterocycles. The second kappa shape index (κ2) is 7.20. The number of nitrogens with zero attached hydrogens (tertiary/aromatic N) is 2. The van der Waals surface area contributed by atoms with Crippen molar-refractivity contribution >= 4 is 22.5 Å². The lowest BCUT2D eigenvalue weighted by Crippen LogP contribution is -2.48. The molecule has 0 saturated carbocycles. The Morgan fingerprint density at radius 3 is 2.92 bits per heavy atom. The number of hydrogen-bond acceptors (Lipinski definition) is 3. The van der Waals surface area contributed by atoms with Crippen molar-refractivity contribution in [1.29, 1.82) is 0 Å². The molecule has 2 heterocycles. The first-order chi connectivity index (χ1) is 11.6. The third-order valence-electron chi connectivity index (χ3n) is 4.74. The molecule has 0 radical (unpaired) electrons. The first-order valence-electron chi connectivity index (χ1n) is 9.02. The van der Waals surface area contributed by atoms with Crippen LogP contribution in [-0.2, 0) is 11.2 Å². The number of carbonyl (C=O) groups excluding carboxylic acids is 1. The van der Waals surface area contributed by atoms with Gasteiger partial charge in [0.15, 0.2) is 0 Å². The van der Waals surface area contributed by atoms with Crippen molar-refractivity contribution in [3.8, 4) is 0 Å². The van der Waals surface area contributed by atoms with Gasteiger partial charge in [0.25, 0.3) is 0 Å². The maximum Gasteiger partial charge on any atom is 0.222 e. The van der Waals surface area contributed by atoms with Crippen LogP contribution in [0.5, 0.6) is 0 Å². The third-order valence-corrected chi connectivity index (χ3v) is 4.74. The summed E-state index contributed by atoms with van der Waals surface area (Å²) in [6, 6.07) is 10.8. The van der Waals surface area contributed by atoms with Crippen molar-refractivity contribution in [2.45, 2.75) is 46.1 Å². The van der Waals surface area contributed by atoms with Crippen molar-refractivity contribution < 1.29 is 4.79 Å². The number of aryl methyl sites for hydroxylation is 1. The molecule has 0 spiro atoms. The molecule has 1 aliphatic rings. The highest BCUT2D eigenvalue weighted by Crippen LogP contribution is 2.29. The molecule has 1 N–H and O–H groups in total. The standard InChI is InChI=1S/C20H27N3O/c1-4-15-12-19(17-9-5-6-10-18(17)21-15)23-11-7-8-16(13-23)22-20(24)14(2)3/h5-6,9-10,12,14,16H,4,7-8,11,13H2,1-3H3,(H,22,24). The molecule has 1 aromatic heterocycles. The van der Waals surface area contributed by atoms with E-state index in [0.29, 0.717) is 0 Å². The highest BCUT2D eigenvalue weighted by molar-refractivity contribution is 5.92. The van der Waals surface area contributed by atoms with Crippen LogP contribution in [0.15, 0.2) is 30.3 Å². The van der Waals surface area contributed by atoms with Crippen LogP contribution in [-0.4, -0.2) is 30.0 Å². The maximum atomic E-state index is 12.0. The van der Waals surface area contributed by atoms with Gasteiger partial charge in [-0.1, -0.05) is 39.0 Å². The predicted molar refractivity (Wildman–Crippen MR) is 99.3 cm³/mol. The normalized spacial score (nSPS) is 18.2. The lowest BCUT2D eigenvalue weighted by atomic mass is 10.0. The Morgan fingerprint density at radius 1 is 1.38 bits per heavy atom. The lowest BCUT2D eigenvalue weighted by Gasteiger charge is -2.35. The maximum absolute atomic E-state index is 12.0. The van der Waals surface area contributed by atoms with E-state index in [4.69, 9.17) is 4.98 Å². The first kappa shape index (κ1) is 16.7. The van der Waals surface area contributed by atoms with Gasteiger partial charge in [-0.05, 0) is 31.4 Å². The summed E-state index contributed by atoms with van der Waals surface area (Å²) in [4.78, 5) is 19.2. The molecule has 1 saturated heterocycles. The van der Waals surface area contributed by atoms with Gasteiger partial charge in [-0.3, -0.25) is 9.78 Å². The highest BCUT2D eigenvalue weighted by atomic mass is 16.1. The minimum atomic E-state index is 0.0359. The van der Waals surface area contributed by atoms with Gasteiger partial charge in [0.1, 0.15) is 0 Å². The number of para-hydroxylation sites is 1. The molecular weight excluding hydrogens is 298 g/mol. The van der Waals surface area contributed by atoms with Crippen molar-refractivity contribution in [1.82, 2.24) is 10.3 Å². The van der Waals surface area contributed by atoms with E-state index in [2.05, 4.69) is 41.4 Å². The molecule has 1 unspecified atom stereocenters. The minimum Gasteiger partial charge on any atom is -0.369 e. The monoisotopic (exact) mass is 325 g/mol. The van der Waals surface area contributed by atoms with Gasteiger partial charge in [-0.25, -0.2) is 0 Å². The number of anilines is 1. The minimum absolute atomic E-state index is 0.0359. The van der Waals surface area contributed by atoms with Gasteiger partial charge in [0, 0.05) is 41.8 Å². The molecule has 1 aromatic carbocycles. The van der Waals surface area contributed by atoms with E-state index in [-0.39, 0.29) is 17.9 Å². The fraction of sp³-hybridized carbons (Fsp3) is 0.500. The number of nitrogens with one attached hydrogen (secondary N) is 1. The van der Waals surface area contributed by atoms with Crippen LogP contribution in [0, 0.1) is 5.92 Å². The van der Waals surface area contributed by atoms with Crippen LogP contribution in [0.3, 0.4) is 0 Å². The van der Waals surface area contributed by atoms with Gasteiger partial charge in [0.05, 0.1) is 5.52 Å². The van der Waals surface area contributed by atoms with E-state index in [9.17, 15) is 4.79 Å². The Morgan fingerprint density at radius 2 is 2.17 bits per heavy atom. The third kappa shape index (κ3) is 3.53. The molecule has 24 heavy (non-hydrogen) atoms. The van der Waals surface area contributed by atoms with E-state index >= 15 is 0 Å². The predicted octanol–water partition coefficient (Wildman–Crippen LogP) is 3.54. The van der Waals surface area contributed by atoms with E-state index in [1.165, 1.54) is 11.1 Å². The van der Waals surface area contributed by atoms with Crippen LogP contribution >= 0.6 is 0 Å². The summed E-state index contributed by atoms with van der Waals surface area (Å²) in [6.45, 7) is 7.93. The molecule has 4 heteroatoms. The Labute approximate surface area is 144 Å². The number of carbonyl (C=O) groups is 1. The quantitative estimate of drug-likeness (QED) is 0.935. The number of amides is 1. The zero-order valence-electron chi connectivity index (χ0n) is 14.9.